The zero-order chi connectivity index (χ0) is 12.1. The molecule has 0 atom stereocenters. The van der Waals surface area contributed by atoms with Crippen molar-refractivity contribution < 1.29 is 0 Å². The van der Waals surface area contributed by atoms with E-state index in [1.165, 1.54) is 31.4 Å². The normalized spacial score (nSPS) is 18.1. The van der Waals surface area contributed by atoms with Gasteiger partial charge in [0.1, 0.15) is 0 Å². The molecule has 0 amide bonds. The Bertz CT molecular complexity index is 327. The molecule has 1 aromatic rings. The number of alkyl halides is 1. The lowest BCUT2D eigenvalue weighted by atomic mass is 9.70. The van der Waals surface area contributed by atoms with Gasteiger partial charge in [-0.2, -0.15) is 0 Å². The molecule has 1 saturated carbocycles. The Balaban J connectivity index is 1.93. The fourth-order valence-corrected chi connectivity index (χ4v) is 3.34. The lowest BCUT2D eigenvalue weighted by molar-refractivity contribution is 0.0901. The van der Waals surface area contributed by atoms with E-state index in [-0.39, 0.29) is 0 Å². The molecule has 0 heterocycles. The fourth-order valence-electron chi connectivity index (χ4n) is 2.61. The van der Waals surface area contributed by atoms with Gasteiger partial charge in [-0.25, -0.2) is 0 Å². The van der Waals surface area contributed by atoms with E-state index in [1.807, 2.05) is 0 Å². The molecule has 17 heavy (non-hydrogen) atoms. The predicted molar refractivity (Wildman–Crippen MR) is 77.5 cm³/mol. The van der Waals surface area contributed by atoms with Crippen LogP contribution in [-0.4, -0.2) is 23.3 Å². The number of nitrogens with zero attached hydrogens (tertiary/aromatic N) is 1. The highest BCUT2D eigenvalue weighted by Crippen LogP contribution is 2.43. The minimum absolute atomic E-state index is 0.560. The molecule has 0 aliphatic heterocycles. The zero-order valence-electron chi connectivity index (χ0n) is 10.7. The molecule has 0 aromatic heterocycles. The SMILES string of the molecule is CCN(Cc1ccccc1)CC1(CBr)CCC1. The van der Waals surface area contributed by atoms with Gasteiger partial charge in [0.05, 0.1) is 0 Å². The molecule has 1 aromatic carbocycles. The van der Waals surface area contributed by atoms with Crippen molar-refractivity contribution >= 4 is 15.9 Å². The monoisotopic (exact) mass is 295 g/mol. The minimum Gasteiger partial charge on any atom is -0.299 e. The molecule has 1 fully saturated rings. The second-order valence-electron chi connectivity index (χ2n) is 5.28. The molecule has 0 radical (unpaired) electrons. The number of hydrogen-bond donors (Lipinski definition) is 0. The number of halogens is 1. The van der Waals surface area contributed by atoms with Gasteiger partial charge in [0.25, 0.3) is 0 Å². The van der Waals surface area contributed by atoms with E-state index in [2.05, 4.69) is 58.1 Å². The second-order valence-corrected chi connectivity index (χ2v) is 5.84. The summed E-state index contributed by atoms with van der Waals surface area (Å²) in [7, 11) is 0. The van der Waals surface area contributed by atoms with Gasteiger partial charge in [-0.3, -0.25) is 4.90 Å². The third kappa shape index (κ3) is 3.32. The number of benzene rings is 1. The molecular formula is C15H22BrN. The Kier molecular flexibility index (Phi) is 4.63. The van der Waals surface area contributed by atoms with Crippen LogP contribution in [0.2, 0.25) is 0 Å². The maximum Gasteiger partial charge on any atom is 0.0233 e. The quantitative estimate of drug-likeness (QED) is 0.715. The Morgan fingerprint density at radius 1 is 1.24 bits per heavy atom. The van der Waals surface area contributed by atoms with Crippen LogP contribution in [0.1, 0.15) is 31.7 Å². The second kappa shape index (κ2) is 6.01. The molecule has 0 saturated heterocycles. The van der Waals surface area contributed by atoms with Crippen LogP contribution >= 0.6 is 15.9 Å². The van der Waals surface area contributed by atoms with E-state index in [0.717, 1.165) is 18.4 Å². The molecule has 2 rings (SSSR count). The summed E-state index contributed by atoms with van der Waals surface area (Å²) in [6, 6.07) is 10.8. The molecule has 1 aliphatic carbocycles. The van der Waals surface area contributed by atoms with Gasteiger partial charge in [0, 0.05) is 18.4 Å². The van der Waals surface area contributed by atoms with E-state index in [4.69, 9.17) is 0 Å². The minimum atomic E-state index is 0.560. The molecule has 0 spiro atoms. The first kappa shape index (κ1) is 13.1. The van der Waals surface area contributed by atoms with Crippen LogP contribution in [0, 0.1) is 5.41 Å². The Morgan fingerprint density at radius 3 is 2.41 bits per heavy atom. The summed E-state index contributed by atoms with van der Waals surface area (Å²) in [5.74, 6) is 0. The molecule has 1 nitrogen and oxygen atoms in total. The third-order valence-corrected chi connectivity index (χ3v) is 5.14. The smallest absolute Gasteiger partial charge is 0.0233 e. The summed E-state index contributed by atoms with van der Waals surface area (Å²) in [5.41, 5.74) is 1.99. The highest BCUT2D eigenvalue weighted by atomic mass is 79.9. The van der Waals surface area contributed by atoms with Crippen LogP contribution in [0.25, 0.3) is 0 Å². The van der Waals surface area contributed by atoms with Crippen LogP contribution in [0.4, 0.5) is 0 Å². The van der Waals surface area contributed by atoms with Crippen LogP contribution in [0.5, 0.6) is 0 Å². The topological polar surface area (TPSA) is 3.24 Å². The maximum atomic E-state index is 3.70. The van der Waals surface area contributed by atoms with E-state index in [1.54, 1.807) is 0 Å². The Hall–Kier alpha value is -0.340. The lowest BCUT2D eigenvalue weighted by Gasteiger charge is -2.44. The first-order valence-electron chi connectivity index (χ1n) is 6.60. The van der Waals surface area contributed by atoms with E-state index in [0.29, 0.717) is 5.41 Å². The van der Waals surface area contributed by atoms with E-state index in [9.17, 15) is 0 Å². The van der Waals surface area contributed by atoms with Gasteiger partial charge >= 0.3 is 0 Å². The molecule has 0 N–H and O–H groups in total. The first-order chi connectivity index (χ1) is 8.28. The molecule has 0 bridgehead atoms. The van der Waals surface area contributed by atoms with Crippen LogP contribution in [-0.2, 0) is 6.54 Å². The third-order valence-electron chi connectivity index (χ3n) is 3.95. The molecule has 94 valence electrons. The molecule has 1 aliphatic rings. The van der Waals surface area contributed by atoms with Gasteiger partial charge in [-0.1, -0.05) is 59.6 Å². The van der Waals surface area contributed by atoms with Gasteiger partial charge in [-0.15, -0.1) is 0 Å². The summed E-state index contributed by atoms with van der Waals surface area (Å²) in [5, 5.41) is 1.16. The van der Waals surface area contributed by atoms with Gasteiger partial charge in [0.15, 0.2) is 0 Å². The fraction of sp³-hybridized carbons (Fsp3) is 0.600. The van der Waals surface area contributed by atoms with Crippen molar-refractivity contribution in [2.45, 2.75) is 32.7 Å². The van der Waals surface area contributed by atoms with Crippen molar-refractivity contribution in [2.24, 2.45) is 5.41 Å². The predicted octanol–water partition coefficient (Wildman–Crippen LogP) is 4.07. The average Bonchev–Trinajstić information content (AvgIpc) is 2.33. The van der Waals surface area contributed by atoms with E-state index < -0.39 is 0 Å². The summed E-state index contributed by atoms with van der Waals surface area (Å²) < 4.78 is 0. The standard InChI is InChI=1S/C15H22BrN/c1-2-17(11-14-7-4-3-5-8-14)13-15(12-16)9-6-10-15/h3-5,7-8H,2,6,9-13H2,1H3. The summed E-state index contributed by atoms with van der Waals surface area (Å²) in [6.07, 6.45) is 4.20. The Labute approximate surface area is 113 Å². The van der Waals surface area contributed by atoms with Crippen molar-refractivity contribution in [3.05, 3.63) is 35.9 Å². The van der Waals surface area contributed by atoms with Crippen molar-refractivity contribution in [3.63, 3.8) is 0 Å². The average molecular weight is 296 g/mol. The summed E-state index contributed by atoms with van der Waals surface area (Å²) in [6.45, 7) is 5.74. The Morgan fingerprint density at radius 2 is 1.94 bits per heavy atom. The highest BCUT2D eigenvalue weighted by molar-refractivity contribution is 9.09. The highest BCUT2D eigenvalue weighted by Gasteiger charge is 2.36. The van der Waals surface area contributed by atoms with Crippen molar-refractivity contribution in [2.75, 3.05) is 18.4 Å². The van der Waals surface area contributed by atoms with Crippen LogP contribution < -0.4 is 0 Å². The van der Waals surface area contributed by atoms with Crippen molar-refractivity contribution in [1.29, 1.82) is 0 Å². The molecule has 0 unspecified atom stereocenters. The number of rotatable bonds is 6. The summed E-state index contributed by atoms with van der Waals surface area (Å²) in [4.78, 5) is 2.58. The van der Waals surface area contributed by atoms with Gasteiger partial charge in [0.2, 0.25) is 0 Å². The maximum absolute atomic E-state index is 3.70. The van der Waals surface area contributed by atoms with E-state index >= 15 is 0 Å². The number of hydrogen-bond acceptors (Lipinski definition) is 1. The molecular weight excluding hydrogens is 274 g/mol. The van der Waals surface area contributed by atoms with Gasteiger partial charge < -0.3 is 0 Å². The van der Waals surface area contributed by atoms with Gasteiger partial charge in [-0.05, 0) is 30.4 Å². The zero-order valence-corrected chi connectivity index (χ0v) is 12.2. The first-order valence-corrected chi connectivity index (χ1v) is 7.72. The lowest BCUT2D eigenvalue weighted by Crippen LogP contribution is -2.43. The summed E-state index contributed by atoms with van der Waals surface area (Å²) >= 11 is 3.70. The largest absolute Gasteiger partial charge is 0.299 e. The van der Waals surface area contributed by atoms with Crippen molar-refractivity contribution in [1.82, 2.24) is 4.90 Å². The molecule has 2 heteroatoms. The van der Waals surface area contributed by atoms with Crippen molar-refractivity contribution in [3.8, 4) is 0 Å². The van der Waals surface area contributed by atoms with Crippen LogP contribution in [0.3, 0.4) is 0 Å². The van der Waals surface area contributed by atoms with Crippen LogP contribution in [0.15, 0.2) is 30.3 Å².